The Bertz CT molecular complexity index is 820. The van der Waals surface area contributed by atoms with Crippen molar-refractivity contribution in [1.82, 2.24) is 0 Å². The first-order valence-corrected chi connectivity index (χ1v) is 10.0. The standard InChI is InChI=1S/C21H23NO5S/c1-15(23)16-8-10-18(11-9-16)26-12-4-7-21(25)27-14-20(24)22-17-5-3-6-19(13-17)28-2/h3,5-6,8-11,13H,4,7,12,14H2,1-2H3,(H,22,24). The lowest BCUT2D eigenvalue weighted by atomic mass is 10.1. The summed E-state index contributed by atoms with van der Waals surface area (Å²) in [6.45, 7) is 1.51. The molecule has 0 unspecified atom stereocenters. The number of hydrogen-bond acceptors (Lipinski definition) is 6. The number of hydrogen-bond donors (Lipinski definition) is 1. The number of esters is 1. The number of nitrogens with one attached hydrogen (secondary N) is 1. The molecule has 2 aromatic carbocycles. The topological polar surface area (TPSA) is 81.7 Å². The molecule has 0 aliphatic heterocycles. The van der Waals surface area contributed by atoms with Crippen molar-refractivity contribution < 1.29 is 23.9 Å². The summed E-state index contributed by atoms with van der Waals surface area (Å²) < 4.78 is 10.5. The van der Waals surface area contributed by atoms with Crippen LogP contribution >= 0.6 is 11.8 Å². The molecule has 0 atom stereocenters. The van der Waals surface area contributed by atoms with Crippen LogP contribution in [0.4, 0.5) is 5.69 Å². The minimum atomic E-state index is -0.455. The van der Waals surface area contributed by atoms with Crippen molar-refractivity contribution in [3.63, 3.8) is 0 Å². The van der Waals surface area contributed by atoms with Crippen LogP contribution in [0.15, 0.2) is 53.4 Å². The van der Waals surface area contributed by atoms with Crippen LogP contribution in [0.25, 0.3) is 0 Å². The molecular formula is C21H23NO5S. The van der Waals surface area contributed by atoms with E-state index < -0.39 is 5.97 Å². The van der Waals surface area contributed by atoms with Gasteiger partial charge < -0.3 is 14.8 Å². The third kappa shape index (κ3) is 7.44. The predicted octanol–water partition coefficient (Wildman–Crippen LogP) is 3.95. The van der Waals surface area contributed by atoms with E-state index in [0.717, 1.165) is 4.90 Å². The summed E-state index contributed by atoms with van der Waals surface area (Å²) in [6.07, 6.45) is 2.57. The normalized spacial score (nSPS) is 10.2. The zero-order valence-corrected chi connectivity index (χ0v) is 16.7. The number of Topliss-reactive ketones (excluding diaryl/α,β-unsaturated/α-hetero) is 1. The fourth-order valence-electron chi connectivity index (χ4n) is 2.31. The molecule has 7 heteroatoms. The average molecular weight is 401 g/mol. The Morgan fingerprint density at radius 2 is 1.82 bits per heavy atom. The highest BCUT2D eigenvalue weighted by atomic mass is 32.2. The van der Waals surface area contributed by atoms with Crippen molar-refractivity contribution in [2.45, 2.75) is 24.7 Å². The van der Waals surface area contributed by atoms with Gasteiger partial charge in [0.05, 0.1) is 6.61 Å². The fraction of sp³-hybridized carbons (Fsp3) is 0.286. The van der Waals surface area contributed by atoms with Gasteiger partial charge in [-0.2, -0.15) is 0 Å². The zero-order valence-electron chi connectivity index (χ0n) is 15.9. The minimum Gasteiger partial charge on any atom is -0.494 e. The van der Waals surface area contributed by atoms with Crippen molar-refractivity contribution in [1.29, 1.82) is 0 Å². The maximum Gasteiger partial charge on any atom is 0.306 e. The van der Waals surface area contributed by atoms with E-state index in [1.54, 1.807) is 42.1 Å². The number of thioether (sulfide) groups is 1. The molecular weight excluding hydrogens is 378 g/mol. The predicted molar refractivity (Wildman–Crippen MR) is 109 cm³/mol. The number of ether oxygens (including phenoxy) is 2. The van der Waals surface area contributed by atoms with E-state index >= 15 is 0 Å². The van der Waals surface area contributed by atoms with Crippen LogP contribution in [0.1, 0.15) is 30.1 Å². The number of rotatable bonds is 10. The van der Waals surface area contributed by atoms with E-state index in [1.807, 2.05) is 24.5 Å². The highest BCUT2D eigenvalue weighted by Crippen LogP contribution is 2.18. The number of ketones is 1. The second kappa shape index (κ2) is 11.1. The van der Waals surface area contributed by atoms with Gasteiger partial charge in [-0.25, -0.2) is 0 Å². The summed E-state index contributed by atoms with van der Waals surface area (Å²) in [5.74, 6) is -0.211. The molecule has 0 saturated heterocycles. The smallest absolute Gasteiger partial charge is 0.306 e. The molecule has 28 heavy (non-hydrogen) atoms. The largest absolute Gasteiger partial charge is 0.494 e. The molecule has 0 fully saturated rings. The van der Waals surface area contributed by atoms with E-state index in [1.165, 1.54) is 6.92 Å². The first-order valence-electron chi connectivity index (χ1n) is 8.81. The van der Waals surface area contributed by atoms with Crippen LogP contribution < -0.4 is 10.1 Å². The molecule has 0 aliphatic rings. The van der Waals surface area contributed by atoms with Gasteiger partial charge >= 0.3 is 5.97 Å². The average Bonchev–Trinajstić information content (AvgIpc) is 2.70. The van der Waals surface area contributed by atoms with E-state index in [2.05, 4.69) is 5.32 Å². The van der Waals surface area contributed by atoms with Crippen molar-refractivity contribution in [3.8, 4) is 5.75 Å². The van der Waals surface area contributed by atoms with Gasteiger partial charge in [-0.3, -0.25) is 14.4 Å². The fourth-order valence-corrected chi connectivity index (χ4v) is 2.77. The Hall–Kier alpha value is -2.80. The Morgan fingerprint density at radius 3 is 2.50 bits per heavy atom. The number of benzene rings is 2. The highest BCUT2D eigenvalue weighted by molar-refractivity contribution is 7.98. The Kier molecular flexibility index (Phi) is 8.55. The Labute approximate surface area is 168 Å². The maximum atomic E-state index is 11.9. The van der Waals surface area contributed by atoms with Crippen molar-refractivity contribution in [2.24, 2.45) is 0 Å². The first kappa shape index (κ1) is 21.5. The van der Waals surface area contributed by atoms with Gasteiger partial charge in [0.15, 0.2) is 12.4 Å². The van der Waals surface area contributed by atoms with Gasteiger partial charge in [-0.15, -0.1) is 11.8 Å². The quantitative estimate of drug-likeness (QED) is 0.281. The minimum absolute atomic E-state index is 0.00436. The lowest BCUT2D eigenvalue weighted by Gasteiger charge is -2.08. The third-order valence-electron chi connectivity index (χ3n) is 3.77. The molecule has 2 aromatic rings. The summed E-state index contributed by atoms with van der Waals surface area (Å²) in [6, 6.07) is 14.2. The molecule has 0 saturated carbocycles. The molecule has 0 bridgehead atoms. The van der Waals surface area contributed by atoms with Crippen molar-refractivity contribution in [3.05, 3.63) is 54.1 Å². The van der Waals surface area contributed by atoms with Gasteiger partial charge in [0.2, 0.25) is 0 Å². The van der Waals surface area contributed by atoms with Crippen LogP contribution in [-0.2, 0) is 14.3 Å². The number of carbonyl (C=O) groups excluding carboxylic acids is 3. The van der Waals surface area contributed by atoms with Crippen LogP contribution in [0.2, 0.25) is 0 Å². The van der Waals surface area contributed by atoms with Crippen LogP contribution in [-0.4, -0.2) is 37.1 Å². The molecule has 0 aliphatic carbocycles. The van der Waals surface area contributed by atoms with E-state index in [9.17, 15) is 14.4 Å². The summed E-state index contributed by atoms with van der Waals surface area (Å²) in [5.41, 5.74) is 1.28. The summed E-state index contributed by atoms with van der Waals surface area (Å²) in [4.78, 5) is 35.8. The van der Waals surface area contributed by atoms with E-state index in [4.69, 9.17) is 9.47 Å². The monoisotopic (exact) mass is 401 g/mol. The van der Waals surface area contributed by atoms with Crippen LogP contribution in [0.3, 0.4) is 0 Å². The van der Waals surface area contributed by atoms with Gasteiger partial charge in [-0.05, 0) is 62.1 Å². The molecule has 1 N–H and O–H groups in total. The highest BCUT2D eigenvalue weighted by Gasteiger charge is 2.08. The molecule has 148 valence electrons. The maximum absolute atomic E-state index is 11.9. The Morgan fingerprint density at radius 1 is 1.07 bits per heavy atom. The summed E-state index contributed by atoms with van der Waals surface area (Å²) in [5, 5.41) is 2.70. The molecule has 1 amide bonds. The van der Waals surface area contributed by atoms with Crippen molar-refractivity contribution >= 4 is 35.1 Å². The van der Waals surface area contributed by atoms with Gasteiger partial charge in [0.25, 0.3) is 5.91 Å². The summed E-state index contributed by atoms with van der Waals surface area (Å²) >= 11 is 1.58. The third-order valence-corrected chi connectivity index (χ3v) is 4.50. The Balaban J connectivity index is 1.62. The number of amides is 1. The van der Waals surface area contributed by atoms with Gasteiger partial charge in [-0.1, -0.05) is 6.07 Å². The molecule has 0 aromatic heterocycles. The second-order valence-corrected chi connectivity index (χ2v) is 6.85. The molecule has 0 spiro atoms. The summed E-state index contributed by atoms with van der Waals surface area (Å²) in [7, 11) is 0. The zero-order chi connectivity index (χ0) is 20.4. The van der Waals surface area contributed by atoms with Gasteiger partial charge in [0, 0.05) is 22.6 Å². The first-order chi connectivity index (χ1) is 13.5. The lowest BCUT2D eigenvalue weighted by molar-refractivity contribution is -0.147. The van der Waals surface area contributed by atoms with Gasteiger partial charge in [0.1, 0.15) is 5.75 Å². The molecule has 2 rings (SSSR count). The molecule has 0 radical (unpaired) electrons. The second-order valence-electron chi connectivity index (χ2n) is 5.97. The number of anilines is 1. The SMILES string of the molecule is CSc1cccc(NC(=O)COC(=O)CCCOc2ccc(C(C)=O)cc2)c1. The van der Waals surface area contributed by atoms with Crippen molar-refractivity contribution in [2.75, 3.05) is 24.8 Å². The van der Waals surface area contributed by atoms with Crippen LogP contribution in [0.5, 0.6) is 5.75 Å². The lowest BCUT2D eigenvalue weighted by Crippen LogP contribution is -2.21. The number of carbonyl (C=O) groups is 3. The van der Waals surface area contributed by atoms with E-state index in [0.29, 0.717) is 30.0 Å². The van der Waals surface area contributed by atoms with Crippen LogP contribution in [0, 0.1) is 0 Å². The van der Waals surface area contributed by atoms with E-state index in [-0.39, 0.29) is 24.7 Å². The molecule has 6 nitrogen and oxygen atoms in total. The molecule has 0 heterocycles.